The number of esters is 1. The molecule has 222 valence electrons. The molecule has 42 heavy (non-hydrogen) atoms. The largest absolute Gasteiger partial charge is 0.461 e. The van der Waals surface area contributed by atoms with Crippen LogP contribution in [-0.4, -0.2) is 64.8 Å². The Morgan fingerprint density at radius 2 is 1.90 bits per heavy atom. The van der Waals surface area contributed by atoms with Crippen LogP contribution in [0.1, 0.15) is 43.0 Å². The molecule has 5 rings (SSSR count). The van der Waals surface area contributed by atoms with Crippen molar-refractivity contribution in [2.75, 3.05) is 24.7 Å². The van der Waals surface area contributed by atoms with Crippen LogP contribution in [0.15, 0.2) is 73.8 Å². The minimum atomic E-state index is -1.29. The Balaban J connectivity index is 1.70. The molecule has 7 atom stereocenters. The Hall–Kier alpha value is -3.75. The van der Waals surface area contributed by atoms with E-state index in [1.807, 2.05) is 76.2 Å². The molecule has 1 spiro atoms. The summed E-state index contributed by atoms with van der Waals surface area (Å²) in [6.45, 7) is 15.1. The highest BCUT2D eigenvalue weighted by molar-refractivity contribution is 6.05. The van der Waals surface area contributed by atoms with E-state index in [9.17, 15) is 19.5 Å². The predicted octanol–water partition coefficient (Wildman–Crippen LogP) is 4.30. The van der Waals surface area contributed by atoms with Crippen molar-refractivity contribution in [2.45, 2.75) is 57.4 Å². The van der Waals surface area contributed by atoms with Gasteiger partial charge in [-0.25, -0.2) is 0 Å². The van der Waals surface area contributed by atoms with Gasteiger partial charge in [0.05, 0.1) is 24.2 Å². The number of carbonyl (C=O) groups is 3. The van der Waals surface area contributed by atoms with Gasteiger partial charge >= 0.3 is 5.97 Å². The summed E-state index contributed by atoms with van der Waals surface area (Å²) < 4.78 is 12.4. The van der Waals surface area contributed by atoms with E-state index in [0.717, 1.165) is 11.1 Å². The maximum atomic E-state index is 15.0. The first-order valence-corrected chi connectivity index (χ1v) is 14.5. The number of likely N-dealkylation sites (tertiary alicyclic amines) is 1. The average molecular weight is 573 g/mol. The van der Waals surface area contributed by atoms with Crippen molar-refractivity contribution in [3.8, 4) is 0 Å². The Bertz CT molecular complexity index is 1410. The molecule has 0 saturated carbocycles. The van der Waals surface area contributed by atoms with Gasteiger partial charge in [0.25, 0.3) is 5.91 Å². The maximum Gasteiger partial charge on any atom is 0.313 e. The summed E-state index contributed by atoms with van der Waals surface area (Å²) in [6, 6.07) is 13.1. The van der Waals surface area contributed by atoms with Gasteiger partial charge in [-0.15, -0.1) is 6.58 Å². The molecule has 0 aromatic heterocycles. The van der Waals surface area contributed by atoms with E-state index in [1.165, 1.54) is 11.0 Å². The molecular weight excluding hydrogens is 532 g/mol. The smallest absolute Gasteiger partial charge is 0.313 e. The van der Waals surface area contributed by atoms with Gasteiger partial charge in [0.15, 0.2) is 0 Å². The monoisotopic (exact) mass is 572 g/mol. The Labute approximate surface area is 247 Å². The molecule has 3 fully saturated rings. The molecule has 3 heterocycles. The lowest BCUT2D eigenvalue weighted by Crippen LogP contribution is -2.57. The molecule has 8 heteroatoms. The zero-order valence-electron chi connectivity index (χ0n) is 24.8. The van der Waals surface area contributed by atoms with Gasteiger partial charge in [0.2, 0.25) is 5.91 Å². The summed E-state index contributed by atoms with van der Waals surface area (Å²) in [6.07, 6.45) is 3.54. The SMILES string of the molecule is C=CCOC(=O)[C@@H]1[C@H]2C(=O)N([C@H](CO)c3ccccc3)C(C(=O)N(CC=C)c3cc(C)ccc3C)C23CC(C)[C@@]1(C)O3. The molecule has 3 unspecified atom stereocenters. The van der Waals surface area contributed by atoms with Gasteiger partial charge in [-0.05, 0) is 55.9 Å². The molecule has 2 aromatic carbocycles. The first kappa shape index (κ1) is 29.7. The highest BCUT2D eigenvalue weighted by Crippen LogP contribution is 2.66. The number of aryl methyl sites for hydroxylation is 2. The highest BCUT2D eigenvalue weighted by atomic mass is 16.6. The van der Waals surface area contributed by atoms with Crippen molar-refractivity contribution in [3.63, 3.8) is 0 Å². The number of carbonyl (C=O) groups excluding carboxylic acids is 3. The highest BCUT2D eigenvalue weighted by Gasteiger charge is 2.81. The minimum Gasteiger partial charge on any atom is -0.461 e. The second-order valence-corrected chi connectivity index (χ2v) is 12.0. The molecule has 3 aliphatic rings. The van der Waals surface area contributed by atoms with Crippen molar-refractivity contribution in [1.29, 1.82) is 0 Å². The van der Waals surface area contributed by atoms with E-state index in [4.69, 9.17) is 9.47 Å². The lowest BCUT2D eigenvalue weighted by molar-refractivity contribution is -0.161. The number of fused-ring (bicyclic) bond motifs is 1. The first-order chi connectivity index (χ1) is 20.0. The van der Waals surface area contributed by atoms with Crippen LogP contribution in [0.5, 0.6) is 0 Å². The third kappa shape index (κ3) is 4.39. The quantitative estimate of drug-likeness (QED) is 0.337. The zero-order valence-corrected chi connectivity index (χ0v) is 24.8. The van der Waals surface area contributed by atoms with E-state index < -0.39 is 53.6 Å². The number of aliphatic hydroxyl groups excluding tert-OH is 1. The van der Waals surface area contributed by atoms with Gasteiger partial charge in [0.1, 0.15) is 24.2 Å². The van der Waals surface area contributed by atoms with Crippen molar-refractivity contribution in [2.24, 2.45) is 17.8 Å². The number of benzene rings is 2. The molecule has 3 aliphatic heterocycles. The number of aliphatic hydroxyl groups is 1. The zero-order chi connectivity index (χ0) is 30.4. The van der Waals surface area contributed by atoms with Crippen LogP contribution in [0.4, 0.5) is 5.69 Å². The molecule has 1 N–H and O–H groups in total. The van der Waals surface area contributed by atoms with Crippen molar-refractivity contribution in [1.82, 2.24) is 4.90 Å². The minimum absolute atomic E-state index is 0.00278. The fraction of sp³-hybridized carbons (Fsp3) is 0.441. The first-order valence-electron chi connectivity index (χ1n) is 14.5. The van der Waals surface area contributed by atoms with Crippen LogP contribution >= 0.6 is 0 Å². The third-order valence-electron chi connectivity index (χ3n) is 9.51. The van der Waals surface area contributed by atoms with Crippen LogP contribution in [-0.2, 0) is 23.9 Å². The molecule has 2 aromatic rings. The van der Waals surface area contributed by atoms with Gasteiger partial charge in [-0.3, -0.25) is 14.4 Å². The van der Waals surface area contributed by atoms with Gasteiger partial charge in [-0.1, -0.05) is 68.1 Å². The van der Waals surface area contributed by atoms with Crippen molar-refractivity contribution < 1.29 is 29.0 Å². The van der Waals surface area contributed by atoms with E-state index >= 15 is 0 Å². The average Bonchev–Trinajstić information content (AvgIpc) is 3.49. The second-order valence-electron chi connectivity index (χ2n) is 12.0. The van der Waals surface area contributed by atoms with E-state index in [0.29, 0.717) is 17.7 Å². The predicted molar refractivity (Wildman–Crippen MR) is 160 cm³/mol. The summed E-state index contributed by atoms with van der Waals surface area (Å²) in [5.74, 6) is -3.30. The maximum absolute atomic E-state index is 15.0. The number of nitrogens with zero attached hydrogens (tertiary/aromatic N) is 2. The fourth-order valence-electron chi connectivity index (χ4n) is 7.50. The number of hydrogen-bond acceptors (Lipinski definition) is 6. The molecule has 2 bridgehead atoms. The van der Waals surface area contributed by atoms with Crippen LogP contribution in [0.3, 0.4) is 0 Å². The summed E-state index contributed by atoms with van der Waals surface area (Å²) in [7, 11) is 0. The molecule has 0 radical (unpaired) electrons. The summed E-state index contributed by atoms with van der Waals surface area (Å²) >= 11 is 0. The number of hydrogen-bond donors (Lipinski definition) is 1. The Kier molecular flexibility index (Phi) is 7.89. The van der Waals surface area contributed by atoms with Crippen LogP contribution in [0, 0.1) is 31.6 Å². The Morgan fingerprint density at radius 3 is 2.55 bits per heavy atom. The van der Waals surface area contributed by atoms with Crippen molar-refractivity contribution >= 4 is 23.5 Å². The van der Waals surface area contributed by atoms with Gasteiger partial charge in [-0.2, -0.15) is 0 Å². The van der Waals surface area contributed by atoms with E-state index in [-0.39, 0.29) is 25.0 Å². The third-order valence-corrected chi connectivity index (χ3v) is 9.51. The Morgan fingerprint density at radius 1 is 1.19 bits per heavy atom. The van der Waals surface area contributed by atoms with E-state index in [1.54, 1.807) is 11.0 Å². The number of rotatable bonds is 10. The topological polar surface area (TPSA) is 96.4 Å². The van der Waals surface area contributed by atoms with E-state index in [2.05, 4.69) is 13.2 Å². The van der Waals surface area contributed by atoms with Gasteiger partial charge < -0.3 is 24.4 Å². The fourth-order valence-corrected chi connectivity index (χ4v) is 7.50. The molecule has 8 nitrogen and oxygen atoms in total. The molecule has 3 saturated heterocycles. The number of ether oxygens (including phenoxy) is 2. The normalized spacial score (nSPS) is 30.1. The standard InChI is InChI=1S/C34H40N2O6/c1-7-16-35(25-18-21(3)14-15-22(25)4)31(39)29-34-19-23(5)33(6,42-34)28(32(40)41-17-8-2)27(34)30(38)36(29)26(20-37)24-12-10-9-11-13-24/h7-15,18,23,26-29,37H,1-2,16-17,19-20H2,3-6H3/t23?,26-,27+,28+,29?,33-,34?/m1/s1. The summed E-state index contributed by atoms with van der Waals surface area (Å²) in [5.41, 5.74) is 0.970. The van der Waals surface area contributed by atoms with Crippen LogP contribution in [0.25, 0.3) is 0 Å². The summed E-state index contributed by atoms with van der Waals surface area (Å²) in [4.78, 5) is 46.3. The summed E-state index contributed by atoms with van der Waals surface area (Å²) in [5, 5.41) is 10.7. The lowest BCUT2D eigenvalue weighted by atomic mass is 9.62. The number of anilines is 1. The second kappa shape index (κ2) is 11.2. The lowest BCUT2D eigenvalue weighted by Gasteiger charge is -2.40. The molecule has 2 amide bonds. The molecule has 0 aliphatic carbocycles. The number of amides is 2. The van der Waals surface area contributed by atoms with Crippen LogP contribution in [0.2, 0.25) is 0 Å². The van der Waals surface area contributed by atoms with Gasteiger partial charge in [0, 0.05) is 12.2 Å². The van der Waals surface area contributed by atoms with Crippen molar-refractivity contribution in [3.05, 3.63) is 90.5 Å². The molecular formula is C34H40N2O6. The van der Waals surface area contributed by atoms with Crippen LogP contribution < -0.4 is 4.90 Å².